The first kappa shape index (κ1) is 16.3. The van der Waals surface area contributed by atoms with Crippen LogP contribution in [-0.2, 0) is 12.2 Å². The third-order valence-corrected chi connectivity index (χ3v) is 4.68. The van der Waals surface area contributed by atoms with Gasteiger partial charge < -0.3 is 10.3 Å². The second kappa shape index (κ2) is 7.40. The van der Waals surface area contributed by atoms with Crippen molar-refractivity contribution in [2.75, 3.05) is 5.84 Å². The summed E-state index contributed by atoms with van der Waals surface area (Å²) in [6.07, 6.45) is 0.629. The van der Waals surface area contributed by atoms with Crippen molar-refractivity contribution in [2.24, 2.45) is 0 Å². The molecule has 0 aliphatic carbocycles. The SMILES string of the molecule is Nn1c(Cc2ccccc2)nnc1SCc1nnc(-c2ccccc2)o1. The van der Waals surface area contributed by atoms with Crippen LogP contribution in [0.5, 0.6) is 0 Å². The lowest BCUT2D eigenvalue weighted by molar-refractivity contribution is 0.528. The number of hydrogen-bond acceptors (Lipinski definition) is 7. The first-order chi connectivity index (χ1) is 12.8. The summed E-state index contributed by atoms with van der Waals surface area (Å²) in [5.74, 6) is 8.31. The topological polar surface area (TPSA) is 95.7 Å². The molecule has 0 aliphatic heterocycles. The van der Waals surface area contributed by atoms with E-state index >= 15 is 0 Å². The van der Waals surface area contributed by atoms with Gasteiger partial charge in [-0.1, -0.05) is 60.3 Å². The van der Waals surface area contributed by atoms with Gasteiger partial charge in [0.1, 0.15) is 0 Å². The first-order valence-corrected chi connectivity index (χ1v) is 9.02. The molecule has 2 aromatic heterocycles. The summed E-state index contributed by atoms with van der Waals surface area (Å²) in [4.78, 5) is 0. The summed E-state index contributed by atoms with van der Waals surface area (Å²) in [5, 5.41) is 17.1. The van der Waals surface area contributed by atoms with Crippen LogP contribution in [0.2, 0.25) is 0 Å². The van der Waals surface area contributed by atoms with Crippen LogP contribution in [0, 0.1) is 0 Å². The van der Waals surface area contributed by atoms with E-state index in [2.05, 4.69) is 20.4 Å². The van der Waals surface area contributed by atoms with E-state index in [4.69, 9.17) is 10.3 Å². The lowest BCUT2D eigenvalue weighted by atomic mass is 10.1. The van der Waals surface area contributed by atoms with Crippen molar-refractivity contribution < 1.29 is 4.42 Å². The molecule has 7 nitrogen and oxygen atoms in total. The zero-order valence-corrected chi connectivity index (χ0v) is 14.6. The van der Waals surface area contributed by atoms with Crippen molar-refractivity contribution in [3.8, 4) is 11.5 Å². The van der Waals surface area contributed by atoms with Crippen LogP contribution in [0.15, 0.2) is 70.2 Å². The van der Waals surface area contributed by atoms with Gasteiger partial charge in [0, 0.05) is 12.0 Å². The molecule has 0 radical (unpaired) electrons. The zero-order valence-electron chi connectivity index (χ0n) is 13.8. The molecular formula is C18H16N6OS. The normalized spacial score (nSPS) is 10.9. The van der Waals surface area contributed by atoms with Crippen molar-refractivity contribution in [1.29, 1.82) is 0 Å². The lowest BCUT2D eigenvalue weighted by Gasteiger charge is -2.02. The summed E-state index contributed by atoms with van der Waals surface area (Å²) >= 11 is 1.41. The molecule has 4 aromatic rings. The van der Waals surface area contributed by atoms with Crippen molar-refractivity contribution in [3.63, 3.8) is 0 Å². The molecular weight excluding hydrogens is 348 g/mol. The Morgan fingerprint density at radius 2 is 1.62 bits per heavy atom. The Bertz CT molecular complexity index is 983. The molecule has 26 heavy (non-hydrogen) atoms. The average Bonchev–Trinajstić information content (AvgIpc) is 3.29. The van der Waals surface area contributed by atoms with Gasteiger partial charge in [0.15, 0.2) is 5.82 Å². The molecule has 2 heterocycles. The molecule has 0 spiro atoms. The molecule has 0 unspecified atom stereocenters. The predicted octanol–water partition coefficient (Wildman–Crippen LogP) is 2.93. The molecule has 0 saturated carbocycles. The third kappa shape index (κ3) is 3.60. The van der Waals surface area contributed by atoms with Gasteiger partial charge in [-0.15, -0.1) is 20.4 Å². The Labute approximate surface area is 154 Å². The molecule has 0 aliphatic rings. The fourth-order valence-electron chi connectivity index (χ4n) is 2.44. The molecule has 2 N–H and O–H groups in total. The molecule has 2 aromatic carbocycles. The van der Waals surface area contributed by atoms with Gasteiger partial charge in [-0.25, -0.2) is 4.68 Å². The Morgan fingerprint density at radius 1 is 0.885 bits per heavy atom. The third-order valence-electron chi connectivity index (χ3n) is 3.75. The van der Waals surface area contributed by atoms with E-state index < -0.39 is 0 Å². The number of hydrogen-bond donors (Lipinski definition) is 1. The number of nitrogen functional groups attached to an aromatic ring is 1. The Balaban J connectivity index is 1.42. The maximum atomic E-state index is 6.12. The van der Waals surface area contributed by atoms with Gasteiger partial charge in [0.25, 0.3) is 0 Å². The van der Waals surface area contributed by atoms with Crippen LogP contribution in [0.1, 0.15) is 17.3 Å². The van der Waals surface area contributed by atoms with E-state index in [0.29, 0.717) is 34.9 Å². The number of thioether (sulfide) groups is 1. The Morgan fingerprint density at radius 3 is 2.38 bits per heavy atom. The molecule has 0 fully saturated rings. The lowest BCUT2D eigenvalue weighted by Crippen LogP contribution is -2.14. The quantitative estimate of drug-likeness (QED) is 0.415. The molecule has 0 saturated heterocycles. The van der Waals surface area contributed by atoms with E-state index in [1.54, 1.807) is 0 Å². The summed E-state index contributed by atoms with van der Waals surface area (Å²) in [7, 11) is 0. The van der Waals surface area contributed by atoms with Crippen molar-refractivity contribution >= 4 is 11.8 Å². The zero-order chi connectivity index (χ0) is 17.8. The second-order valence-electron chi connectivity index (χ2n) is 5.59. The van der Waals surface area contributed by atoms with Crippen LogP contribution < -0.4 is 5.84 Å². The fraction of sp³-hybridized carbons (Fsp3) is 0.111. The van der Waals surface area contributed by atoms with Gasteiger partial charge in [-0.2, -0.15) is 0 Å². The van der Waals surface area contributed by atoms with Crippen molar-refractivity contribution in [3.05, 3.63) is 77.9 Å². The predicted molar refractivity (Wildman–Crippen MR) is 98.7 cm³/mol. The average molecular weight is 364 g/mol. The van der Waals surface area contributed by atoms with Crippen molar-refractivity contribution in [2.45, 2.75) is 17.3 Å². The van der Waals surface area contributed by atoms with E-state index in [-0.39, 0.29) is 0 Å². The van der Waals surface area contributed by atoms with Crippen LogP contribution in [0.25, 0.3) is 11.5 Å². The molecule has 0 amide bonds. The number of benzene rings is 2. The first-order valence-electron chi connectivity index (χ1n) is 8.03. The molecule has 130 valence electrons. The van der Waals surface area contributed by atoms with Gasteiger partial charge in [-0.3, -0.25) is 0 Å². The van der Waals surface area contributed by atoms with Crippen LogP contribution in [-0.4, -0.2) is 25.1 Å². The Hall–Kier alpha value is -3.13. The molecule has 4 rings (SSSR count). The number of nitrogens with zero attached hydrogens (tertiary/aromatic N) is 5. The highest BCUT2D eigenvalue weighted by molar-refractivity contribution is 7.98. The smallest absolute Gasteiger partial charge is 0.247 e. The standard InChI is InChI=1S/C18H16N6OS/c19-24-15(11-13-7-3-1-4-8-13)20-23-18(24)26-12-16-21-22-17(25-16)14-9-5-2-6-10-14/h1-10H,11-12,19H2. The minimum Gasteiger partial charge on any atom is -0.420 e. The van der Waals surface area contributed by atoms with Gasteiger partial charge >= 0.3 is 0 Å². The van der Waals surface area contributed by atoms with Crippen LogP contribution in [0.3, 0.4) is 0 Å². The number of aromatic nitrogens is 5. The highest BCUT2D eigenvalue weighted by atomic mass is 32.2. The van der Waals surface area contributed by atoms with E-state index in [9.17, 15) is 0 Å². The van der Waals surface area contributed by atoms with Gasteiger partial charge in [0.2, 0.25) is 16.9 Å². The minimum atomic E-state index is 0.473. The fourth-order valence-corrected chi connectivity index (χ4v) is 3.15. The number of nitrogens with two attached hydrogens (primary N) is 1. The van der Waals surface area contributed by atoms with Crippen LogP contribution >= 0.6 is 11.8 Å². The summed E-state index contributed by atoms with van der Waals surface area (Å²) in [6, 6.07) is 19.7. The monoisotopic (exact) mass is 364 g/mol. The number of rotatable bonds is 6. The second-order valence-corrected chi connectivity index (χ2v) is 6.53. The molecule has 8 heteroatoms. The largest absolute Gasteiger partial charge is 0.420 e. The molecule has 0 bridgehead atoms. The van der Waals surface area contributed by atoms with E-state index in [1.165, 1.54) is 16.4 Å². The maximum Gasteiger partial charge on any atom is 0.247 e. The summed E-state index contributed by atoms with van der Waals surface area (Å²) in [5.41, 5.74) is 2.02. The van der Waals surface area contributed by atoms with Gasteiger partial charge in [-0.05, 0) is 17.7 Å². The van der Waals surface area contributed by atoms with Crippen LogP contribution in [0.4, 0.5) is 0 Å². The highest BCUT2D eigenvalue weighted by Crippen LogP contribution is 2.23. The Kier molecular flexibility index (Phi) is 4.65. The maximum absolute atomic E-state index is 6.12. The van der Waals surface area contributed by atoms with Crippen molar-refractivity contribution in [1.82, 2.24) is 25.1 Å². The van der Waals surface area contributed by atoms with E-state index in [1.807, 2.05) is 60.7 Å². The molecule has 0 atom stereocenters. The summed E-state index contributed by atoms with van der Waals surface area (Å²) in [6.45, 7) is 0. The van der Waals surface area contributed by atoms with E-state index in [0.717, 1.165) is 11.1 Å². The summed E-state index contributed by atoms with van der Waals surface area (Å²) < 4.78 is 7.20. The minimum absolute atomic E-state index is 0.473. The highest BCUT2D eigenvalue weighted by Gasteiger charge is 2.14. The van der Waals surface area contributed by atoms with Gasteiger partial charge in [0.05, 0.1) is 5.75 Å².